The first-order chi connectivity index (χ1) is 12.9. The molecular formula is C20H38O6S. The van der Waals surface area contributed by atoms with Gasteiger partial charge in [0, 0.05) is 0 Å². The first-order valence-electron chi connectivity index (χ1n) is 10.3. The molecule has 27 heavy (non-hydrogen) atoms. The quantitative estimate of drug-likeness (QED) is 0.309. The van der Waals surface area contributed by atoms with Gasteiger partial charge in [-0.25, -0.2) is 8.42 Å². The Labute approximate surface area is 166 Å². The molecule has 0 N–H and O–H groups in total. The average molecular weight is 407 g/mol. The highest BCUT2D eigenvalue weighted by atomic mass is 32.2. The van der Waals surface area contributed by atoms with Crippen molar-refractivity contribution in [2.24, 2.45) is 11.8 Å². The van der Waals surface area contributed by atoms with Gasteiger partial charge in [0.15, 0.2) is 16.0 Å². The lowest BCUT2D eigenvalue weighted by Crippen LogP contribution is -2.30. The molecule has 6 nitrogen and oxygen atoms in total. The molecule has 0 spiro atoms. The first-order valence-corrected chi connectivity index (χ1v) is 11.6. The third kappa shape index (κ3) is 12.1. The summed E-state index contributed by atoms with van der Waals surface area (Å²) < 4.78 is 33.2. The summed E-state index contributed by atoms with van der Waals surface area (Å²) in [6, 6.07) is 0. The third-order valence-corrected chi connectivity index (χ3v) is 5.82. The topological polar surface area (TPSA) is 86.7 Å². The van der Waals surface area contributed by atoms with Gasteiger partial charge in [-0.15, -0.1) is 0 Å². The van der Waals surface area contributed by atoms with Gasteiger partial charge in [-0.05, 0) is 24.7 Å². The maximum atomic E-state index is 12.1. The second-order valence-corrected chi connectivity index (χ2v) is 8.35. The highest BCUT2D eigenvalue weighted by Gasteiger charge is 2.28. The zero-order valence-electron chi connectivity index (χ0n) is 17.4. The monoisotopic (exact) mass is 406 g/mol. The molecule has 0 radical (unpaired) electrons. The summed E-state index contributed by atoms with van der Waals surface area (Å²) in [5.41, 5.74) is 0. The molecule has 0 saturated heterocycles. The molecule has 7 heteroatoms. The van der Waals surface area contributed by atoms with Crippen LogP contribution in [0.3, 0.4) is 0 Å². The lowest BCUT2D eigenvalue weighted by Gasteiger charge is -2.17. The van der Waals surface area contributed by atoms with E-state index in [0.717, 1.165) is 51.4 Å². The van der Waals surface area contributed by atoms with Crippen LogP contribution >= 0.6 is 0 Å². The summed E-state index contributed by atoms with van der Waals surface area (Å²) in [7, 11) is -3.10. The minimum atomic E-state index is -3.10. The van der Waals surface area contributed by atoms with Crippen molar-refractivity contribution < 1.29 is 27.5 Å². The van der Waals surface area contributed by atoms with Crippen molar-refractivity contribution in [1.29, 1.82) is 0 Å². The van der Waals surface area contributed by atoms with Gasteiger partial charge in [-0.2, -0.15) is 0 Å². The first kappa shape index (κ1) is 25.9. The Hall–Kier alpha value is -1.11. The summed E-state index contributed by atoms with van der Waals surface area (Å²) in [4.78, 5) is 24.1. The average Bonchev–Trinajstić information content (AvgIpc) is 2.65. The third-order valence-electron chi connectivity index (χ3n) is 4.91. The number of hydrogen-bond donors (Lipinski definition) is 1. The van der Waals surface area contributed by atoms with Crippen LogP contribution in [0.4, 0.5) is 0 Å². The van der Waals surface area contributed by atoms with Crippen LogP contribution < -0.4 is 0 Å². The zero-order valence-corrected chi connectivity index (χ0v) is 18.3. The van der Waals surface area contributed by atoms with Gasteiger partial charge in [-0.1, -0.05) is 66.2 Å². The van der Waals surface area contributed by atoms with E-state index in [4.69, 9.17) is 9.47 Å². The van der Waals surface area contributed by atoms with E-state index in [9.17, 15) is 18.0 Å². The number of carbonyl (C=O) groups is 2. The van der Waals surface area contributed by atoms with E-state index < -0.39 is 34.3 Å². The molecule has 3 unspecified atom stereocenters. The molecule has 0 rings (SSSR count). The highest BCUT2D eigenvalue weighted by molar-refractivity contribution is 7.74. The summed E-state index contributed by atoms with van der Waals surface area (Å²) in [5.74, 6) is -1.03. The number of unbranched alkanes of at least 4 members (excludes halogenated alkanes) is 2. The van der Waals surface area contributed by atoms with Crippen molar-refractivity contribution in [1.82, 2.24) is 0 Å². The molecule has 0 aromatic heterocycles. The van der Waals surface area contributed by atoms with Gasteiger partial charge < -0.3 is 9.47 Å². The van der Waals surface area contributed by atoms with Crippen LogP contribution in [0.1, 0.15) is 85.5 Å². The molecule has 0 heterocycles. The predicted molar refractivity (Wildman–Crippen MR) is 107 cm³/mol. The lowest BCUT2D eigenvalue weighted by molar-refractivity contribution is -0.151. The second-order valence-electron chi connectivity index (χ2n) is 7.15. The van der Waals surface area contributed by atoms with Crippen molar-refractivity contribution in [3.8, 4) is 0 Å². The maximum Gasteiger partial charge on any atom is 0.324 e. The molecule has 0 bridgehead atoms. The fraction of sp³-hybridized carbons (Fsp3) is 0.900. The Morgan fingerprint density at radius 1 is 0.815 bits per heavy atom. The fourth-order valence-electron chi connectivity index (χ4n) is 2.76. The van der Waals surface area contributed by atoms with E-state index in [1.807, 2.05) is 13.8 Å². The van der Waals surface area contributed by atoms with E-state index in [1.165, 1.54) is 0 Å². The van der Waals surface area contributed by atoms with Gasteiger partial charge in [0.05, 0.1) is 19.6 Å². The van der Waals surface area contributed by atoms with Crippen molar-refractivity contribution in [2.75, 3.05) is 13.2 Å². The molecule has 0 aliphatic heterocycles. The maximum absolute atomic E-state index is 12.1. The molecule has 0 amide bonds. The van der Waals surface area contributed by atoms with Crippen LogP contribution in [-0.2, 0) is 29.8 Å². The molecule has 0 aromatic carbocycles. The van der Waals surface area contributed by atoms with Gasteiger partial charge in [0.25, 0.3) is 0 Å². The number of hydrogen-bond acceptors (Lipinski definition) is 6. The van der Waals surface area contributed by atoms with Gasteiger partial charge in [-0.3, -0.25) is 9.59 Å². The Kier molecular flexibility index (Phi) is 15.2. The van der Waals surface area contributed by atoms with Crippen molar-refractivity contribution in [3.63, 3.8) is 0 Å². The van der Waals surface area contributed by atoms with Gasteiger partial charge in [0.1, 0.15) is 0 Å². The molecule has 160 valence electrons. The molecule has 0 aliphatic carbocycles. The van der Waals surface area contributed by atoms with E-state index in [2.05, 4.69) is 13.8 Å². The van der Waals surface area contributed by atoms with Crippen LogP contribution in [0.25, 0.3) is 0 Å². The van der Waals surface area contributed by atoms with Gasteiger partial charge >= 0.3 is 11.9 Å². The SMILES string of the molecule is CCCCC(CC)COC(=O)CC(C(=O)OCC(CC)CCCC)[SH](=O)=O. The van der Waals surface area contributed by atoms with Crippen LogP contribution in [0, 0.1) is 11.8 Å². The fourth-order valence-corrected chi connectivity index (χ4v) is 3.31. The number of rotatable bonds is 16. The summed E-state index contributed by atoms with van der Waals surface area (Å²) in [6.07, 6.45) is 7.42. The van der Waals surface area contributed by atoms with E-state index >= 15 is 0 Å². The van der Waals surface area contributed by atoms with Gasteiger partial charge in [0.2, 0.25) is 0 Å². The Morgan fingerprint density at radius 2 is 1.30 bits per heavy atom. The normalized spacial score (nSPS) is 14.6. The number of esters is 2. The lowest BCUT2D eigenvalue weighted by atomic mass is 10.0. The van der Waals surface area contributed by atoms with Crippen molar-refractivity contribution in [2.45, 2.75) is 90.7 Å². The second kappa shape index (κ2) is 15.9. The van der Waals surface area contributed by atoms with E-state index in [1.54, 1.807) is 0 Å². The van der Waals surface area contributed by atoms with Crippen LogP contribution in [0.2, 0.25) is 0 Å². The predicted octanol–water partition coefficient (Wildman–Crippen LogP) is 3.88. The Morgan fingerprint density at radius 3 is 1.70 bits per heavy atom. The molecule has 3 atom stereocenters. The molecular weight excluding hydrogens is 368 g/mol. The van der Waals surface area contributed by atoms with Crippen LogP contribution in [0.5, 0.6) is 0 Å². The van der Waals surface area contributed by atoms with Crippen LogP contribution in [-0.4, -0.2) is 38.8 Å². The number of carbonyl (C=O) groups excluding carboxylic acids is 2. The van der Waals surface area contributed by atoms with Crippen LogP contribution in [0.15, 0.2) is 0 Å². The summed E-state index contributed by atoms with van der Waals surface area (Å²) >= 11 is 0. The largest absolute Gasteiger partial charge is 0.465 e. The van der Waals surface area contributed by atoms with Crippen molar-refractivity contribution in [3.05, 3.63) is 0 Å². The molecule has 0 aromatic rings. The Balaban J connectivity index is 4.52. The zero-order chi connectivity index (χ0) is 20.7. The Bertz CT molecular complexity index is 481. The molecule has 0 aliphatic rings. The minimum absolute atomic E-state index is 0.193. The van der Waals surface area contributed by atoms with E-state index in [0.29, 0.717) is 0 Å². The molecule has 0 saturated carbocycles. The summed E-state index contributed by atoms with van der Waals surface area (Å²) in [6.45, 7) is 8.70. The smallest absolute Gasteiger partial charge is 0.324 e. The standard InChI is InChI=1S/C20H38O6S/c1-5-9-11-16(7-3)14-25-19(21)13-18(27(23)24)20(22)26-15-17(8-4)12-10-6-2/h16-18,27H,5-15H2,1-4H3. The van der Waals surface area contributed by atoms with Crippen molar-refractivity contribution >= 4 is 22.6 Å². The number of thiol groups is 1. The minimum Gasteiger partial charge on any atom is -0.465 e. The number of ether oxygens (including phenoxy) is 2. The molecule has 0 fully saturated rings. The van der Waals surface area contributed by atoms with E-state index in [-0.39, 0.29) is 25.0 Å². The summed E-state index contributed by atoms with van der Waals surface area (Å²) in [5, 5.41) is -1.47. The highest BCUT2D eigenvalue weighted by Crippen LogP contribution is 2.15.